The van der Waals surface area contributed by atoms with Crippen LogP contribution in [0.1, 0.15) is 24.4 Å². The van der Waals surface area contributed by atoms with Crippen molar-refractivity contribution in [3.05, 3.63) is 48.2 Å². The number of H-pyrrole nitrogens is 1. The van der Waals surface area contributed by atoms with Crippen LogP contribution in [0.3, 0.4) is 0 Å². The number of aromatic nitrogens is 2. The SMILES string of the molecule is O=C(NC(C(=O)Nc1ccn[nH]1)c1ccccc1)C1CCCNC1. The third kappa shape index (κ3) is 3.99. The molecule has 0 aliphatic carbocycles. The van der Waals surface area contributed by atoms with E-state index < -0.39 is 6.04 Å². The van der Waals surface area contributed by atoms with Crippen molar-refractivity contribution in [2.45, 2.75) is 18.9 Å². The molecule has 0 bridgehead atoms. The number of aromatic amines is 1. The van der Waals surface area contributed by atoms with Crippen LogP contribution in [0.2, 0.25) is 0 Å². The Morgan fingerprint density at radius 2 is 2.04 bits per heavy atom. The first-order chi connectivity index (χ1) is 11.7. The lowest BCUT2D eigenvalue weighted by molar-refractivity contribution is -0.129. The Kier molecular flexibility index (Phi) is 5.22. The van der Waals surface area contributed by atoms with Gasteiger partial charge < -0.3 is 16.0 Å². The number of anilines is 1. The molecule has 24 heavy (non-hydrogen) atoms. The van der Waals surface area contributed by atoms with Crippen LogP contribution < -0.4 is 16.0 Å². The maximum absolute atomic E-state index is 12.6. The number of piperidine rings is 1. The van der Waals surface area contributed by atoms with Gasteiger partial charge in [0.1, 0.15) is 11.9 Å². The maximum Gasteiger partial charge on any atom is 0.252 e. The zero-order valence-electron chi connectivity index (χ0n) is 13.3. The fourth-order valence-corrected chi connectivity index (χ4v) is 2.81. The third-order valence-corrected chi connectivity index (χ3v) is 4.11. The van der Waals surface area contributed by atoms with E-state index in [1.165, 1.54) is 0 Å². The Morgan fingerprint density at radius 3 is 2.71 bits per heavy atom. The van der Waals surface area contributed by atoms with Crippen LogP contribution >= 0.6 is 0 Å². The quantitative estimate of drug-likeness (QED) is 0.663. The van der Waals surface area contributed by atoms with Crippen molar-refractivity contribution in [3.63, 3.8) is 0 Å². The Balaban J connectivity index is 1.74. The molecule has 0 spiro atoms. The molecular weight excluding hydrogens is 306 g/mol. The lowest BCUT2D eigenvalue weighted by Crippen LogP contribution is -2.44. The first kappa shape index (κ1) is 16.2. The highest BCUT2D eigenvalue weighted by atomic mass is 16.2. The summed E-state index contributed by atoms with van der Waals surface area (Å²) in [5.74, 6) is -0.0159. The van der Waals surface area contributed by atoms with Crippen molar-refractivity contribution in [3.8, 4) is 0 Å². The van der Waals surface area contributed by atoms with Gasteiger partial charge >= 0.3 is 0 Å². The van der Waals surface area contributed by atoms with E-state index in [2.05, 4.69) is 26.1 Å². The lowest BCUT2D eigenvalue weighted by Gasteiger charge is -2.25. The van der Waals surface area contributed by atoms with Crippen molar-refractivity contribution in [1.29, 1.82) is 0 Å². The highest BCUT2D eigenvalue weighted by Crippen LogP contribution is 2.18. The number of hydrogen-bond donors (Lipinski definition) is 4. The van der Waals surface area contributed by atoms with Crippen LogP contribution in [0.15, 0.2) is 42.6 Å². The van der Waals surface area contributed by atoms with Gasteiger partial charge in [0.25, 0.3) is 5.91 Å². The number of amides is 2. The maximum atomic E-state index is 12.6. The normalized spacial score (nSPS) is 18.6. The number of nitrogens with one attached hydrogen (secondary N) is 4. The van der Waals surface area contributed by atoms with Gasteiger partial charge in [-0.15, -0.1) is 0 Å². The monoisotopic (exact) mass is 327 g/mol. The topological polar surface area (TPSA) is 98.9 Å². The zero-order chi connectivity index (χ0) is 16.8. The number of carbonyl (C=O) groups excluding carboxylic acids is 2. The van der Waals surface area contributed by atoms with Crippen molar-refractivity contribution in [2.24, 2.45) is 5.92 Å². The second kappa shape index (κ2) is 7.74. The summed E-state index contributed by atoms with van der Waals surface area (Å²) in [6, 6.07) is 10.1. The smallest absolute Gasteiger partial charge is 0.252 e. The minimum absolute atomic E-state index is 0.101. The van der Waals surface area contributed by atoms with E-state index in [1.54, 1.807) is 12.3 Å². The minimum Gasteiger partial charge on any atom is -0.340 e. The van der Waals surface area contributed by atoms with E-state index in [4.69, 9.17) is 0 Å². The average Bonchev–Trinajstić information content (AvgIpc) is 3.14. The fraction of sp³-hybridized carbons (Fsp3) is 0.353. The van der Waals surface area contributed by atoms with Gasteiger partial charge in [0.2, 0.25) is 5.91 Å². The Morgan fingerprint density at radius 1 is 1.21 bits per heavy atom. The summed E-state index contributed by atoms with van der Waals surface area (Å²) < 4.78 is 0. The van der Waals surface area contributed by atoms with Gasteiger partial charge in [-0.3, -0.25) is 14.7 Å². The molecule has 0 saturated carbocycles. The standard InChI is InChI=1S/C17H21N5O2/c23-16(13-7-4-9-18-11-13)21-15(12-5-2-1-3-6-12)17(24)20-14-8-10-19-22-14/h1-3,5-6,8,10,13,15,18H,4,7,9,11H2,(H,21,23)(H2,19,20,22,24). The largest absolute Gasteiger partial charge is 0.340 e. The molecule has 3 rings (SSSR count). The summed E-state index contributed by atoms with van der Waals surface area (Å²) in [6.45, 7) is 1.59. The van der Waals surface area contributed by atoms with E-state index in [1.807, 2.05) is 30.3 Å². The molecule has 1 saturated heterocycles. The molecule has 2 atom stereocenters. The molecular formula is C17H21N5O2. The van der Waals surface area contributed by atoms with Gasteiger partial charge in [-0.2, -0.15) is 5.10 Å². The Labute approximate surface area is 140 Å². The first-order valence-electron chi connectivity index (χ1n) is 8.10. The summed E-state index contributed by atoms with van der Waals surface area (Å²) in [5, 5.41) is 15.3. The molecule has 2 heterocycles. The van der Waals surface area contributed by atoms with Crippen LogP contribution in [0.4, 0.5) is 5.82 Å². The summed E-state index contributed by atoms with van der Waals surface area (Å²) in [5.41, 5.74) is 0.742. The van der Waals surface area contributed by atoms with Crippen LogP contribution in [-0.2, 0) is 9.59 Å². The summed E-state index contributed by atoms with van der Waals surface area (Å²) in [4.78, 5) is 25.2. The predicted octanol–water partition coefficient (Wildman–Crippen LogP) is 1.21. The van der Waals surface area contributed by atoms with Gasteiger partial charge in [0, 0.05) is 12.6 Å². The Bertz CT molecular complexity index is 666. The third-order valence-electron chi connectivity index (χ3n) is 4.11. The van der Waals surface area contributed by atoms with Crippen molar-refractivity contribution in [1.82, 2.24) is 20.8 Å². The second-order valence-electron chi connectivity index (χ2n) is 5.86. The zero-order valence-corrected chi connectivity index (χ0v) is 13.3. The molecule has 126 valence electrons. The molecule has 2 unspecified atom stereocenters. The molecule has 7 heteroatoms. The van der Waals surface area contributed by atoms with Crippen molar-refractivity contribution < 1.29 is 9.59 Å². The van der Waals surface area contributed by atoms with Crippen LogP contribution in [0.25, 0.3) is 0 Å². The summed E-state index contributed by atoms with van der Waals surface area (Å²) in [6.07, 6.45) is 3.36. The first-order valence-corrected chi connectivity index (χ1v) is 8.10. The highest BCUT2D eigenvalue weighted by Gasteiger charge is 2.27. The average molecular weight is 327 g/mol. The number of carbonyl (C=O) groups is 2. The molecule has 1 aliphatic rings. The van der Waals surface area contributed by atoms with E-state index >= 15 is 0 Å². The van der Waals surface area contributed by atoms with E-state index in [9.17, 15) is 9.59 Å². The summed E-state index contributed by atoms with van der Waals surface area (Å²) in [7, 11) is 0. The van der Waals surface area contributed by atoms with Crippen LogP contribution in [-0.4, -0.2) is 35.1 Å². The molecule has 1 fully saturated rings. The van der Waals surface area contributed by atoms with Crippen LogP contribution in [0.5, 0.6) is 0 Å². The number of nitrogens with zero attached hydrogens (tertiary/aromatic N) is 1. The number of rotatable bonds is 5. The molecule has 2 aromatic rings. The van der Waals surface area contributed by atoms with Gasteiger partial charge in [-0.05, 0) is 24.9 Å². The lowest BCUT2D eigenvalue weighted by atomic mass is 9.97. The van der Waals surface area contributed by atoms with Crippen molar-refractivity contribution in [2.75, 3.05) is 18.4 Å². The second-order valence-corrected chi connectivity index (χ2v) is 5.86. The predicted molar refractivity (Wildman–Crippen MR) is 90.1 cm³/mol. The minimum atomic E-state index is -0.746. The van der Waals surface area contributed by atoms with E-state index in [0.29, 0.717) is 12.4 Å². The molecule has 2 amide bonds. The van der Waals surface area contributed by atoms with E-state index in [0.717, 1.165) is 24.9 Å². The van der Waals surface area contributed by atoms with Gasteiger partial charge in [-0.1, -0.05) is 30.3 Å². The Hall–Kier alpha value is -2.67. The summed E-state index contributed by atoms with van der Waals surface area (Å²) >= 11 is 0. The number of hydrogen-bond acceptors (Lipinski definition) is 4. The molecule has 4 N–H and O–H groups in total. The van der Waals surface area contributed by atoms with Crippen LogP contribution in [0, 0.1) is 5.92 Å². The van der Waals surface area contributed by atoms with Crippen molar-refractivity contribution >= 4 is 17.6 Å². The molecule has 0 radical (unpaired) electrons. The molecule has 7 nitrogen and oxygen atoms in total. The molecule has 1 aromatic heterocycles. The number of benzene rings is 1. The van der Waals surface area contributed by atoms with Gasteiger partial charge in [0.15, 0.2) is 0 Å². The molecule has 1 aromatic carbocycles. The molecule has 1 aliphatic heterocycles. The fourth-order valence-electron chi connectivity index (χ4n) is 2.81. The highest BCUT2D eigenvalue weighted by molar-refractivity contribution is 5.97. The van der Waals surface area contributed by atoms with Gasteiger partial charge in [0.05, 0.1) is 12.1 Å². The van der Waals surface area contributed by atoms with Gasteiger partial charge in [-0.25, -0.2) is 0 Å². The van der Waals surface area contributed by atoms with E-state index in [-0.39, 0.29) is 17.7 Å².